The van der Waals surface area contributed by atoms with E-state index in [1.807, 2.05) is 0 Å². The normalized spacial score (nSPS) is 18.0. The zero-order valence-corrected chi connectivity index (χ0v) is 24.8. The first-order valence-corrected chi connectivity index (χ1v) is 14.6. The maximum absolute atomic E-state index is 14.4. The average molecular weight is 607 g/mol. The first-order valence-electron chi connectivity index (χ1n) is 14.6. The minimum Gasteiger partial charge on any atom is -0.466 e. The van der Waals surface area contributed by atoms with E-state index < -0.39 is 29.7 Å². The van der Waals surface area contributed by atoms with Crippen LogP contribution in [-0.2, 0) is 19.1 Å². The number of esters is 1. The Morgan fingerprint density at radius 1 is 1.05 bits per heavy atom. The van der Waals surface area contributed by atoms with Crippen LogP contribution in [0.5, 0.6) is 0 Å². The summed E-state index contributed by atoms with van der Waals surface area (Å²) in [5, 5.41) is 7.36. The van der Waals surface area contributed by atoms with Gasteiger partial charge in [0.1, 0.15) is 6.04 Å². The van der Waals surface area contributed by atoms with Gasteiger partial charge in [0.25, 0.3) is 0 Å². The number of ether oxygens (including phenoxy) is 2. The molecule has 1 N–H and O–H groups in total. The Morgan fingerprint density at radius 3 is 2.50 bits per heavy atom. The number of amides is 3. The molecule has 11 heteroatoms. The monoisotopic (exact) mass is 606 g/mol. The van der Waals surface area contributed by atoms with Crippen molar-refractivity contribution >= 4 is 29.2 Å². The highest BCUT2D eigenvalue weighted by Gasteiger charge is 2.42. The number of methoxy groups -OCH3 is 2. The Hall–Kier alpha value is -4.35. The van der Waals surface area contributed by atoms with Crippen molar-refractivity contribution in [1.82, 2.24) is 20.2 Å². The smallest absolute Gasteiger partial charge is 0.341 e. The minimum atomic E-state index is -1.27. The van der Waals surface area contributed by atoms with Crippen LogP contribution in [0.3, 0.4) is 0 Å². The third kappa shape index (κ3) is 6.44. The number of hydrazine groups is 1. The quantitative estimate of drug-likeness (QED) is 0.247. The van der Waals surface area contributed by atoms with Crippen LogP contribution in [-0.4, -0.2) is 80.3 Å². The molecule has 44 heavy (non-hydrogen) atoms. The molecule has 0 spiro atoms. The van der Waals surface area contributed by atoms with Crippen LogP contribution in [0.25, 0.3) is 10.8 Å². The second-order valence-corrected chi connectivity index (χ2v) is 11.0. The average Bonchev–Trinajstić information content (AvgIpc) is 3.04. The number of carbonyl (C=O) groups excluding carboxylic acids is 3. The lowest BCUT2D eigenvalue weighted by atomic mass is 9.86. The highest BCUT2D eigenvalue weighted by atomic mass is 19.2. The van der Waals surface area contributed by atoms with Crippen molar-refractivity contribution in [1.29, 1.82) is 0 Å². The fourth-order valence-electron chi connectivity index (χ4n) is 6.26. The maximum Gasteiger partial charge on any atom is 0.341 e. The van der Waals surface area contributed by atoms with Crippen molar-refractivity contribution in [2.75, 3.05) is 47.0 Å². The molecule has 2 aliphatic heterocycles. The minimum absolute atomic E-state index is 0.0534. The molecule has 2 heterocycles. The molecule has 1 unspecified atom stereocenters. The Kier molecular flexibility index (Phi) is 9.86. The van der Waals surface area contributed by atoms with Crippen LogP contribution in [0.15, 0.2) is 71.9 Å². The molecule has 3 aromatic carbocycles. The predicted molar refractivity (Wildman–Crippen MR) is 160 cm³/mol. The van der Waals surface area contributed by atoms with Gasteiger partial charge < -0.3 is 19.7 Å². The molecule has 1 saturated heterocycles. The number of fused-ring (bicyclic) bond motifs is 1. The lowest BCUT2D eigenvalue weighted by Crippen LogP contribution is -2.57. The number of rotatable bonds is 11. The molecule has 2 aliphatic rings. The zero-order valence-electron chi connectivity index (χ0n) is 24.8. The summed E-state index contributed by atoms with van der Waals surface area (Å²) in [5.74, 6) is -2.59. The summed E-state index contributed by atoms with van der Waals surface area (Å²) in [4.78, 5) is 41.1. The van der Waals surface area contributed by atoms with E-state index in [0.717, 1.165) is 48.1 Å². The number of likely N-dealkylation sites (tertiary alicyclic amines) is 1. The maximum atomic E-state index is 14.4. The SMILES string of the molecule is COCC1=C(C(=O)OC)C(c2ccc(F)c(F)c2)N(N(C=O)CCCN2CCC(c3cccc4ccccc34)CC2)C(=O)N1. The predicted octanol–water partition coefficient (Wildman–Crippen LogP) is 4.90. The number of hydrogen-bond acceptors (Lipinski definition) is 6. The standard InChI is InChI=1S/C33H36F2N4O5/c1-43-20-29-30(32(41)44-2)31(24-11-12-27(34)28(35)19-24)39(33(42)36-29)38(21-40)16-6-15-37-17-13-23(14-18-37)26-10-5-8-22-7-3-4-9-25(22)26/h3-5,7-12,19,21,23,31H,6,13-18,20H2,1-2H3,(H,36,42). The van der Waals surface area contributed by atoms with Gasteiger partial charge in [-0.05, 0) is 78.8 Å². The summed E-state index contributed by atoms with van der Waals surface area (Å²) in [6.07, 6.45) is 3.05. The van der Waals surface area contributed by atoms with Crippen molar-refractivity contribution in [3.63, 3.8) is 0 Å². The number of carbonyl (C=O) groups is 3. The van der Waals surface area contributed by atoms with Crippen molar-refractivity contribution < 1.29 is 32.6 Å². The Labute approximate surface area is 255 Å². The third-order valence-corrected chi connectivity index (χ3v) is 8.37. The van der Waals surface area contributed by atoms with E-state index in [2.05, 4.69) is 52.7 Å². The van der Waals surface area contributed by atoms with Crippen LogP contribution < -0.4 is 5.32 Å². The van der Waals surface area contributed by atoms with Gasteiger partial charge >= 0.3 is 12.0 Å². The van der Waals surface area contributed by atoms with Crippen LogP contribution >= 0.6 is 0 Å². The van der Waals surface area contributed by atoms with Crippen LogP contribution in [0, 0.1) is 11.6 Å². The van der Waals surface area contributed by atoms with Gasteiger partial charge in [0.15, 0.2) is 11.6 Å². The number of benzene rings is 3. The van der Waals surface area contributed by atoms with Crippen LogP contribution in [0.4, 0.5) is 13.6 Å². The molecule has 232 valence electrons. The number of nitrogens with one attached hydrogen (secondary N) is 1. The number of piperidine rings is 1. The molecule has 5 rings (SSSR count). The highest BCUT2D eigenvalue weighted by molar-refractivity contribution is 5.95. The van der Waals surface area contributed by atoms with Crippen molar-refractivity contribution in [3.05, 3.63) is 94.7 Å². The molecule has 1 fully saturated rings. The first-order chi connectivity index (χ1) is 21.4. The molecule has 3 aromatic rings. The van der Waals surface area contributed by atoms with Gasteiger partial charge in [-0.3, -0.25) is 9.80 Å². The van der Waals surface area contributed by atoms with Gasteiger partial charge in [0, 0.05) is 13.7 Å². The van der Waals surface area contributed by atoms with Crippen molar-refractivity contribution in [3.8, 4) is 0 Å². The summed E-state index contributed by atoms with van der Waals surface area (Å²) in [7, 11) is 2.55. The van der Waals surface area contributed by atoms with Gasteiger partial charge in [0.05, 0.1) is 25.0 Å². The lowest BCUT2D eigenvalue weighted by molar-refractivity contribution is -0.141. The Bertz CT molecular complexity index is 1550. The number of hydrogen-bond donors (Lipinski definition) is 1. The summed E-state index contributed by atoms with van der Waals surface area (Å²) >= 11 is 0. The third-order valence-electron chi connectivity index (χ3n) is 8.37. The molecule has 9 nitrogen and oxygen atoms in total. The largest absolute Gasteiger partial charge is 0.466 e. The molecule has 1 atom stereocenters. The lowest BCUT2D eigenvalue weighted by Gasteiger charge is -2.42. The van der Waals surface area contributed by atoms with Crippen molar-refractivity contribution in [2.24, 2.45) is 0 Å². The van der Waals surface area contributed by atoms with Crippen LogP contribution in [0.1, 0.15) is 42.3 Å². The van der Waals surface area contributed by atoms with E-state index >= 15 is 0 Å². The molecule has 0 bridgehead atoms. The summed E-state index contributed by atoms with van der Waals surface area (Å²) in [6, 6.07) is 16.0. The molecular formula is C33H36F2N4O5. The van der Waals surface area contributed by atoms with E-state index in [1.165, 1.54) is 36.6 Å². The van der Waals surface area contributed by atoms with Crippen molar-refractivity contribution in [2.45, 2.75) is 31.2 Å². The fraction of sp³-hybridized carbons (Fsp3) is 0.364. The first kappa shape index (κ1) is 31.1. The molecule has 0 saturated carbocycles. The van der Waals surface area contributed by atoms with E-state index in [0.29, 0.717) is 25.3 Å². The highest BCUT2D eigenvalue weighted by Crippen LogP contribution is 2.36. The van der Waals surface area contributed by atoms with Gasteiger partial charge in [-0.25, -0.2) is 23.4 Å². The topological polar surface area (TPSA) is 91.4 Å². The number of nitrogens with zero attached hydrogens (tertiary/aromatic N) is 3. The van der Waals surface area contributed by atoms with Gasteiger partial charge in [-0.15, -0.1) is 0 Å². The fourth-order valence-corrected chi connectivity index (χ4v) is 6.26. The Morgan fingerprint density at radius 2 is 1.80 bits per heavy atom. The van der Waals surface area contributed by atoms with Gasteiger partial charge in [0.2, 0.25) is 6.41 Å². The van der Waals surface area contributed by atoms with Gasteiger partial charge in [-0.2, -0.15) is 0 Å². The summed E-state index contributed by atoms with van der Waals surface area (Å²) < 4.78 is 38.4. The second-order valence-electron chi connectivity index (χ2n) is 11.0. The molecule has 0 aromatic heterocycles. The van der Waals surface area contributed by atoms with E-state index in [4.69, 9.17) is 9.47 Å². The number of urea groups is 1. The summed E-state index contributed by atoms with van der Waals surface area (Å²) in [6.45, 7) is 2.47. The zero-order chi connectivity index (χ0) is 31.2. The van der Waals surface area contributed by atoms with E-state index in [1.54, 1.807) is 0 Å². The Balaban J connectivity index is 1.30. The van der Waals surface area contributed by atoms with Crippen LogP contribution in [0.2, 0.25) is 0 Å². The second kappa shape index (κ2) is 14.0. The molecule has 3 amide bonds. The molecular weight excluding hydrogens is 570 g/mol. The molecule has 0 radical (unpaired) electrons. The van der Waals surface area contributed by atoms with Gasteiger partial charge in [-0.1, -0.05) is 48.5 Å². The number of halogens is 2. The van der Waals surface area contributed by atoms with E-state index in [9.17, 15) is 23.2 Å². The van der Waals surface area contributed by atoms with E-state index in [-0.39, 0.29) is 30.0 Å². The summed E-state index contributed by atoms with van der Waals surface area (Å²) in [5.41, 5.74) is 1.52. The molecule has 0 aliphatic carbocycles.